The Morgan fingerprint density at radius 1 is 1.27 bits per heavy atom. The van der Waals surface area contributed by atoms with Gasteiger partial charge in [-0.15, -0.1) is 0 Å². The zero-order valence-corrected chi connectivity index (χ0v) is 18.3. The SMILES string of the molecule is CCNC(=NCc1ccc(F)c(COC)c1)NC1CCN(C(=O)C2CCCCC2)C1. The van der Waals surface area contributed by atoms with Crippen LogP contribution in [0, 0.1) is 11.7 Å². The molecule has 7 heteroatoms. The number of benzene rings is 1. The van der Waals surface area contributed by atoms with Crippen molar-refractivity contribution in [2.75, 3.05) is 26.7 Å². The number of carbonyl (C=O) groups excluding carboxylic acids is 1. The molecule has 1 aliphatic carbocycles. The number of nitrogens with one attached hydrogen (secondary N) is 2. The zero-order valence-electron chi connectivity index (χ0n) is 18.3. The second kappa shape index (κ2) is 11.3. The molecule has 1 unspecified atom stereocenters. The Kier molecular flexibility index (Phi) is 8.49. The van der Waals surface area contributed by atoms with E-state index in [0.717, 1.165) is 50.4 Å². The summed E-state index contributed by atoms with van der Waals surface area (Å²) < 4.78 is 18.9. The maximum Gasteiger partial charge on any atom is 0.225 e. The molecule has 2 N–H and O–H groups in total. The zero-order chi connectivity index (χ0) is 21.3. The van der Waals surface area contributed by atoms with Gasteiger partial charge in [0.05, 0.1) is 13.2 Å². The number of hydrogen-bond acceptors (Lipinski definition) is 3. The molecule has 0 spiro atoms. The number of aliphatic imine (C=N–C) groups is 1. The van der Waals surface area contributed by atoms with Crippen molar-refractivity contribution in [3.05, 3.63) is 35.1 Å². The molecular weight excluding hydrogens is 383 g/mol. The molecule has 166 valence electrons. The molecule has 1 heterocycles. The Labute approximate surface area is 179 Å². The van der Waals surface area contributed by atoms with Crippen LogP contribution in [0.5, 0.6) is 0 Å². The number of ether oxygens (including phenoxy) is 1. The highest BCUT2D eigenvalue weighted by molar-refractivity contribution is 5.81. The van der Waals surface area contributed by atoms with E-state index >= 15 is 0 Å². The molecule has 1 saturated carbocycles. The summed E-state index contributed by atoms with van der Waals surface area (Å²) in [5, 5.41) is 6.75. The van der Waals surface area contributed by atoms with E-state index in [1.165, 1.54) is 25.3 Å². The van der Waals surface area contributed by atoms with Gasteiger partial charge in [-0.2, -0.15) is 0 Å². The van der Waals surface area contributed by atoms with Gasteiger partial charge in [0.1, 0.15) is 5.82 Å². The molecule has 1 aromatic carbocycles. The highest BCUT2D eigenvalue weighted by Crippen LogP contribution is 2.26. The van der Waals surface area contributed by atoms with Crippen LogP contribution in [0.15, 0.2) is 23.2 Å². The largest absolute Gasteiger partial charge is 0.380 e. The van der Waals surface area contributed by atoms with Crippen LogP contribution in [0.3, 0.4) is 0 Å². The van der Waals surface area contributed by atoms with Crippen LogP contribution in [0.4, 0.5) is 4.39 Å². The molecule has 1 aliphatic heterocycles. The first-order valence-electron chi connectivity index (χ1n) is 11.2. The van der Waals surface area contributed by atoms with Crippen LogP contribution in [0.2, 0.25) is 0 Å². The smallest absolute Gasteiger partial charge is 0.225 e. The van der Waals surface area contributed by atoms with Gasteiger partial charge in [-0.3, -0.25) is 4.79 Å². The highest BCUT2D eigenvalue weighted by atomic mass is 19.1. The van der Waals surface area contributed by atoms with Crippen LogP contribution < -0.4 is 10.6 Å². The van der Waals surface area contributed by atoms with Crippen LogP contribution in [-0.4, -0.2) is 49.6 Å². The molecule has 1 saturated heterocycles. The Balaban J connectivity index is 1.56. The highest BCUT2D eigenvalue weighted by Gasteiger charge is 2.31. The second-order valence-electron chi connectivity index (χ2n) is 8.30. The number of hydrogen-bond donors (Lipinski definition) is 2. The van der Waals surface area contributed by atoms with E-state index in [9.17, 15) is 9.18 Å². The van der Waals surface area contributed by atoms with Crippen LogP contribution >= 0.6 is 0 Å². The summed E-state index contributed by atoms with van der Waals surface area (Å²) >= 11 is 0. The van der Waals surface area contributed by atoms with Crippen LogP contribution in [0.25, 0.3) is 0 Å². The first-order valence-corrected chi connectivity index (χ1v) is 11.2. The molecule has 0 aromatic heterocycles. The van der Waals surface area contributed by atoms with Gasteiger partial charge >= 0.3 is 0 Å². The van der Waals surface area contributed by atoms with E-state index in [-0.39, 0.29) is 24.4 Å². The number of guanidine groups is 1. The van der Waals surface area contributed by atoms with Crippen molar-refractivity contribution in [2.24, 2.45) is 10.9 Å². The Bertz CT molecular complexity index is 734. The molecule has 2 fully saturated rings. The summed E-state index contributed by atoms with van der Waals surface area (Å²) in [7, 11) is 1.56. The van der Waals surface area contributed by atoms with Crippen molar-refractivity contribution in [1.82, 2.24) is 15.5 Å². The lowest BCUT2D eigenvalue weighted by Gasteiger charge is -2.26. The number of amides is 1. The van der Waals surface area contributed by atoms with Crippen molar-refractivity contribution in [1.29, 1.82) is 0 Å². The third-order valence-electron chi connectivity index (χ3n) is 5.97. The van der Waals surface area contributed by atoms with Crippen molar-refractivity contribution < 1.29 is 13.9 Å². The molecule has 1 aromatic rings. The lowest BCUT2D eigenvalue weighted by molar-refractivity contribution is -0.135. The van der Waals surface area contributed by atoms with E-state index in [0.29, 0.717) is 18.0 Å². The Morgan fingerprint density at radius 2 is 2.07 bits per heavy atom. The summed E-state index contributed by atoms with van der Waals surface area (Å²) in [6, 6.07) is 5.21. The van der Waals surface area contributed by atoms with Gasteiger partial charge in [0.2, 0.25) is 5.91 Å². The molecule has 0 radical (unpaired) electrons. The average Bonchev–Trinajstić information content (AvgIpc) is 3.23. The Hall–Kier alpha value is -2.15. The fraction of sp³-hybridized carbons (Fsp3) is 0.652. The third-order valence-corrected chi connectivity index (χ3v) is 5.97. The van der Waals surface area contributed by atoms with Gasteiger partial charge in [-0.25, -0.2) is 9.38 Å². The van der Waals surface area contributed by atoms with Crippen molar-refractivity contribution >= 4 is 11.9 Å². The van der Waals surface area contributed by atoms with Gasteiger partial charge in [-0.1, -0.05) is 25.3 Å². The van der Waals surface area contributed by atoms with E-state index in [1.807, 2.05) is 11.8 Å². The number of methoxy groups -OCH3 is 1. The fourth-order valence-corrected chi connectivity index (χ4v) is 4.36. The molecule has 6 nitrogen and oxygen atoms in total. The minimum Gasteiger partial charge on any atom is -0.380 e. The normalized spacial score (nSPS) is 20.4. The molecule has 1 atom stereocenters. The maximum atomic E-state index is 13.8. The molecular formula is C23H35FN4O2. The summed E-state index contributed by atoms with van der Waals surface area (Å²) in [6.45, 7) is 5.01. The predicted molar refractivity (Wildman–Crippen MR) is 117 cm³/mol. The van der Waals surface area contributed by atoms with E-state index in [4.69, 9.17) is 4.74 Å². The van der Waals surface area contributed by atoms with E-state index in [1.54, 1.807) is 19.2 Å². The van der Waals surface area contributed by atoms with Gasteiger partial charge in [0.25, 0.3) is 0 Å². The minimum absolute atomic E-state index is 0.201. The molecule has 30 heavy (non-hydrogen) atoms. The van der Waals surface area contributed by atoms with Gasteiger partial charge < -0.3 is 20.3 Å². The van der Waals surface area contributed by atoms with Crippen molar-refractivity contribution in [3.8, 4) is 0 Å². The number of halogens is 1. The van der Waals surface area contributed by atoms with Gasteiger partial charge in [0.15, 0.2) is 5.96 Å². The summed E-state index contributed by atoms with van der Waals surface area (Å²) in [5.74, 6) is 1.02. The monoisotopic (exact) mass is 418 g/mol. The van der Waals surface area contributed by atoms with Gasteiger partial charge in [-0.05, 0) is 43.9 Å². The first-order chi connectivity index (χ1) is 14.6. The van der Waals surface area contributed by atoms with Crippen LogP contribution in [0.1, 0.15) is 56.6 Å². The number of rotatable bonds is 7. The number of nitrogens with zero attached hydrogens (tertiary/aromatic N) is 2. The topological polar surface area (TPSA) is 66.0 Å². The standard InChI is InChI=1S/C23H35FN4O2/c1-3-25-23(26-14-17-9-10-21(24)19(13-17)16-30-2)27-20-11-12-28(15-20)22(29)18-7-5-4-6-8-18/h9-10,13,18,20H,3-8,11-12,14-16H2,1-2H3,(H2,25,26,27). The lowest BCUT2D eigenvalue weighted by atomic mass is 9.88. The number of likely N-dealkylation sites (tertiary alicyclic amines) is 1. The lowest BCUT2D eigenvalue weighted by Crippen LogP contribution is -2.45. The summed E-state index contributed by atoms with van der Waals surface area (Å²) in [4.78, 5) is 19.5. The second-order valence-corrected chi connectivity index (χ2v) is 8.30. The van der Waals surface area contributed by atoms with E-state index < -0.39 is 0 Å². The Morgan fingerprint density at radius 3 is 2.80 bits per heavy atom. The van der Waals surface area contributed by atoms with Gasteiger partial charge in [0, 0.05) is 44.3 Å². The number of carbonyl (C=O) groups is 1. The van der Waals surface area contributed by atoms with E-state index in [2.05, 4.69) is 15.6 Å². The summed E-state index contributed by atoms with van der Waals surface area (Å²) in [6.07, 6.45) is 6.63. The fourth-order valence-electron chi connectivity index (χ4n) is 4.36. The molecule has 1 amide bonds. The quantitative estimate of drug-likeness (QED) is 0.527. The average molecular weight is 419 g/mol. The van der Waals surface area contributed by atoms with Crippen molar-refractivity contribution in [2.45, 2.75) is 64.6 Å². The first kappa shape index (κ1) is 22.5. The molecule has 2 aliphatic rings. The minimum atomic E-state index is -0.261. The summed E-state index contributed by atoms with van der Waals surface area (Å²) in [5.41, 5.74) is 1.47. The predicted octanol–water partition coefficient (Wildman–Crippen LogP) is 3.21. The third kappa shape index (κ3) is 6.17. The van der Waals surface area contributed by atoms with Crippen molar-refractivity contribution in [3.63, 3.8) is 0 Å². The maximum absolute atomic E-state index is 13.8. The molecule has 0 bridgehead atoms. The molecule has 3 rings (SSSR count). The van der Waals surface area contributed by atoms with Crippen LogP contribution in [-0.2, 0) is 22.7 Å².